The number of benzene rings is 1. The van der Waals surface area contributed by atoms with Crippen molar-refractivity contribution in [2.75, 3.05) is 0 Å². The van der Waals surface area contributed by atoms with Gasteiger partial charge in [-0.3, -0.25) is 14.4 Å². The summed E-state index contributed by atoms with van der Waals surface area (Å²) in [5, 5.41) is 5.44. The second kappa shape index (κ2) is 13.0. The van der Waals surface area contributed by atoms with Crippen LogP contribution in [0.5, 0.6) is 0 Å². The lowest BCUT2D eigenvalue weighted by atomic mass is 10.0. The molecule has 1 unspecified atom stereocenters. The summed E-state index contributed by atoms with van der Waals surface area (Å²) in [5.41, 5.74) is 0.970. The van der Waals surface area contributed by atoms with Gasteiger partial charge in [-0.05, 0) is 24.8 Å². The standard InChI is InChI=1S/C24H36N2O4/c1-3-5-7-11-15-19(14-6-4-2)30-22(27)17-21-24(29)25-20(23(28)26-21)16-18-12-9-8-10-13-18/h8-10,12-13,19-21H,3-7,11,14-17H2,1-2H3,(H,25,29)(H,26,28)/t19?,20-,21-/m0/s1. The largest absolute Gasteiger partial charge is 0.462 e. The Morgan fingerprint density at radius 1 is 0.900 bits per heavy atom. The van der Waals surface area contributed by atoms with E-state index in [9.17, 15) is 14.4 Å². The van der Waals surface area contributed by atoms with Crippen LogP contribution in [0.4, 0.5) is 0 Å². The number of unbranched alkanes of at least 4 members (excludes halogenated alkanes) is 4. The van der Waals surface area contributed by atoms with Gasteiger partial charge >= 0.3 is 5.97 Å². The Balaban J connectivity index is 1.83. The first-order chi connectivity index (χ1) is 14.5. The number of esters is 1. The van der Waals surface area contributed by atoms with Crippen LogP contribution in [0.25, 0.3) is 0 Å². The first-order valence-corrected chi connectivity index (χ1v) is 11.4. The molecule has 6 nitrogen and oxygen atoms in total. The lowest BCUT2D eigenvalue weighted by Crippen LogP contribution is -2.62. The Morgan fingerprint density at radius 2 is 1.53 bits per heavy atom. The van der Waals surface area contributed by atoms with Crippen molar-refractivity contribution in [3.63, 3.8) is 0 Å². The van der Waals surface area contributed by atoms with Crippen LogP contribution in [0.3, 0.4) is 0 Å². The van der Waals surface area contributed by atoms with Gasteiger partial charge < -0.3 is 15.4 Å². The molecule has 1 fully saturated rings. The van der Waals surface area contributed by atoms with Gasteiger partial charge in [0.2, 0.25) is 11.8 Å². The van der Waals surface area contributed by atoms with Crippen LogP contribution in [0, 0.1) is 0 Å². The van der Waals surface area contributed by atoms with Crippen molar-refractivity contribution in [1.82, 2.24) is 10.6 Å². The van der Waals surface area contributed by atoms with Crippen molar-refractivity contribution in [3.05, 3.63) is 35.9 Å². The van der Waals surface area contributed by atoms with Gasteiger partial charge in [-0.2, -0.15) is 0 Å². The van der Waals surface area contributed by atoms with Crippen LogP contribution in [-0.4, -0.2) is 36.0 Å². The lowest BCUT2D eigenvalue weighted by molar-refractivity contribution is -0.152. The number of carbonyl (C=O) groups excluding carboxylic acids is 3. The molecule has 0 bridgehead atoms. The van der Waals surface area contributed by atoms with Crippen LogP contribution < -0.4 is 10.6 Å². The van der Waals surface area contributed by atoms with Crippen LogP contribution >= 0.6 is 0 Å². The molecule has 0 aromatic heterocycles. The van der Waals surface area contributed by atoms with E-state index in [4.69, 9.17) is 4.74 Å². The van der Waals surface area contributed by atoms with Crippen molar-refractivity contribution in [2.45, 2.75) is 96.2 Å². The van der Waals surface area contributed by atoms with E-state index in [0.717, 1.165) is 44.1 Å². The minimum absolute atomic E-state index is 0.109. The summed E-state index contributed by atoms with van der Waals surface area (Å²) < 4.78 is 5.67. The minimum atomic E-state index is -0.871. The fourth-order valence-electron chi connectivity index (χ4n) is 3.71. The molecular formula is C24H36N2O4. The van der Waals surface area contributed by atoms with Gasteiger partial charge in [-0.25, -0.2) is 0 Å². The first kappa shape index (κ1) is 23.9. The zero-order valence-electron chi connectivity index (χ0n) is 18.3. The Labute approximate surface area is 180 Å². The third kappa shape index (κ3) is 8.17. The van der Waals surface area contributed by atoms with E-state index >= 15 is 0 Å². The SMILES string of the molecule is CCCCCCC(CCCC)OC(=O)C[C@@H]1NC(=O)[C@H](Cc2ccccc2)NC1=O. The molecule has 2 N–H and O–H groups in total. The summed E-state index contributed by atoms with van der Waals surface area (Å²) in [4.78, 5) is 37.3. The van der Waals surface area contributed by atoms with E-state index in [1.54, 1.807) is 0 Å². The van der Waals surface area contributed by atoms with Gasteiger partial charge in [0, 0.05) is 6.42 Å². The Hall–Kier alpha value is -2.37. The molecule has 1 aliphatic rings. The number of carbonyl (C=O) groups is 3. The predicted octanol–water partition coefficient (Wildman–Crippen LogP) is 3.67. The highest BCUT2D eigenvalue weighted by Crippen LogP contribution is 2.16. The summed E-state index contributed by atoms with van der Waals surface area (Å²) in [7, 11) is 0. The quantitative estimate of drug-likeness (QED) is 0.379. The maximum atomic E-state index is 12.4. The van der Waals surface area contributed by atoms with E-state index in [0.29, 0.717) is 6.42 Å². The van der Waals surface area contributed by atoms with Gasteiger partial charge in [0.15, 0.2) is 0 Å². The van der Waals surface area contributed by atoms with E-state index in [1.807, 2.05) is 30.3 Å². The molecular weight excluding hydrogens is 380 g/mol. The summed E-state index contributed by atoms with van der Waals surface area (Å²) >= 11 is 0. The van der Waals surface area contributed by atoms with Crippen LogP contribution in [0.2, 0.25) is 0 Å². The third-order valence-corrected chi connectivity index (χ3v) is 5.48. The smallest absolute Gasteiger partial charge is 0.308 e. The van der Waals surface area contributed by atoms with E-state index in [-0.39, 0.29) is 24.3 Å². The van der Waals surface area contributed by atoms with Crippen LogP contribution in [0.1, 0.15) is 77.2 Å². The maximum Gasteiger partial charge on any atom is 0.308 e. The van der Waals surface area contributed by atoms with Crippen molar-refractivity contribution in [2.24, 2.45) is 0 Å². The molecule has 1 aromatic rings. The summed E-state index contributed by atoms with van der Waals surface area (Å²) in [6.07, 6.45) is 8.47. The van der Waals surface area contributed by atoms with Crippen LogP contribution in [-0.2, 0) is 25.5 Å². The monoisotopic (exact) mass is 416 g/mol. The maximum absolute atomic E-state index is 12.4. The number of hydrogen-bond acceptors (Lipinski definition) is 4. The average molecular weight is 417 g/mol. The summed E-state index contributed by atoms with van der Waals surface area (Å²) in [6.45, 7) is 4.28. The molecule has 2 rings (SSSR count). The molecule has 1 aliphatic heterocycles. The molecule has 0 radical (unpaired) electrons. The molecule has 166 valence electrons. The topological polar surface area (TPSA) is 84.5 Å². The summed E-state index contributed by atoms with van der Waals surface area (Å²) in [5.74, 6) is -1.02. The highest BCUT2D eigenvalue weighted by molar-refractivity contribution is 5.98. The van der Waals surface area contributed by atoms with Crippen LogP contribution in [0.15, 0.2) is 30.3 Å². The summed E-state index contributed by atoms with van der Waals surface area (Å²) in [6, 6.07) is 8.04. The molecule has 1 saturated heterocycles. The van der Waals surface area contributed by atoms with E-state index in [1.165, 1.54) is 12.8 Å². The van der Waals surface area contributed by atoms with Gasteiger partial charge in [-0.15, -0.1) is 0 Å². The number of hydrogen-bond donors (Lipinski definition) is 2. The van der Waals surface area contributed by atoms with Gasteiger partial charge in [-0.1, -0.05) is 76.3 Å². The van der Waals surface area contributed by atoms with Crippen molar-refractivity contribution < 1.29 is 19.1 Å². The second-order valence-electron chi connectivity index (χ2n) is 8.12. The minimum Gasteiger partial charge on any atom is -0.462 e. The first-order valence-electron chi connectivity index (χ1n) is 11.4. The molecule has 0 saturated carbocycles. The number of ether oxygens (including phenoxy) is 1. The van der Waals surface area contributed by atoms with E-state index in [2.05, 4.69) is 24.5 Å². The Bertz CT molecular complexity index is 677. The third-order valence-electron chi connectivity index (χ3n) is 5.48. The van der Waals surface area contributed by atoms with Crippen molar-refractivity contribution in [1.29, 1.82) is 0 Å². The average Bonchev–Trinajstić information content (AvgIpc) is 2.73. The Morgan fingerprint density at radius 3 is 2.23 bits per heavy atom. The lowest BCUT2D eigenvalue weighted by Gasteiger charge is -2.29. The zero-order chi connectivity index (χ0) is 21.8. The molecule has 2 amide bonds. The number of amides is 2. The number of rotatable bonds is 13. The fourth-order valence-corrected chi connectivity index (χ4v) is 3.71. The molecule has 3 atom stereocenters. The molecule has 0 aliphatic carbocycles. The van der Waals surface area contributed by atoms with Crippen molar-refractivity contribution >= 4 is 17.8 Å². The Kier molecular flexibility index (Phi) is 10.4. The normalized spacial score (nSPS) is 19.7. The fraction of sp³-hybridized carbons (Fsp3) is 0.625. The molecule has 30 heavy (non-hydrogen) atoms. The van der Waals surface area contributed by atoms with Gasteiger partial charge in [0.25, 0.3) is 0 Å². The highest BCUT2D eigenvalue weighted by Gasteiger charge is 2.35. The molecule has 0 spiro atoms. The number of piperazine rings is 1. The number of nitrogens with one attached hydrogen (secondary N) is 2. The van der Waals surface area contributed by atoms with Gasteiger partial charge in [0.05, 0.1) is 6.42 Å². The highest BCUT2D eigenvalue weighted by atomic mass is 16.5. The molecule has 1 heterocycles. The van der Waals surface area contributed by atoms with E-state index < -0.39 is 18.1 Å². The second-order valence-corrected chi connectivity index (χ2v) is 8.12. The molecule has 6 heteroatoms. The zero-order valence-corrected chi connectivity index (χ0v) is 18.3. The van der Waals surface area contributed by atoms with Gasteiger partial charge in [0.1, 0.15) is 18.2 Å². The predicted molar refractivity (Wildman–Crippen MR) is 117 cm³/mol. The molecule has 1 aromatic carbocycles. The van der Waals surface area contributed by atoms with Crippen molar-refractivity contribution in [3.8, 4) is 0 Å².